The summed E-state index contributed by atoms with van der Waals surface area (Å²) in [4.78, 5) is 76.0. The van der Waals surface area contributed by atoms with Gasteiger partial charge in [0.05, 0.1) is 6.04 Å². The van der Waals surface area contributed by atoms with Gasteiger partial charge in [-0.3, -0.25) is 29.0 Å². The van der Waals surface area contributed by atoms with Gasteiger partial charge in [-0.05, 0) is 31.6 Å². The van der Waals surface area contributed by atoms with Crippen molar-refractivity contribution in [3.05, 3.63) is 0 Å². The fraction of sp³-hybridized carbons (Fsp3) is 0.682. The van der Waals surface area contributed by atoms with E-state index in [1.807, 2.05) is 0 Å². The second kappa shape index (κ2) is 17.5. The minimum absolute atomic E-state index is 0.109. The van der Waals surface area contributed by atoms with E-state index in [1.165, 1.54) is 0 Å². The highest BCUT2D eigenvalue weighted by Crippen LogP contribution is 2.11. The van der Waals surface area contributed by atoms with Gasteiger partial charge in [0.2, 0.25) is 23.6 Å². The standard InChI is InChI=1S/C22H40N8O8/c1-3-11(2)17(20(36)29-14(21(37)38)7-9-16(32)33)30-19(35)13(6-8-15(24)31)28-18(34)12(23)5-4-10-27-22(25)26/h11-14,17H,3-10,23H2,1-2H3,(H2,24,31)(H,28,34)(H,29,36)(H,30,35)(H,32,33)(H,37,38)(H4,25,26,27). The fourth-order valence-corrected chi connectivity index (χ4v) is 3.23. The lowest BCUT2D eigenvalue weighted by Gasteiger charge is -2.28. The zero-order valence-electron chi connectivity index (χ0n) is 21.6. The van der Waals surface area contributed by atoms with E-state index in [9.17, 15) is 33.9 Å². The Morgan fingerprint density at radius 2 is 1.39 bits per heavy atom. The maximum Gasteiger partial charge on any atom is 0.326 e. The Hall–Kier alpha value is -3.95. The van der Waals surface area contributed by atoms with Crippen LogP contribution in [0.4, 0.5) is 0 Å². The molecule has 0 saturated carbocycles. The number of carboxylic acid groups (broad SMARTS) is 2. The maximum absolute atomic E-state index is 13.1. The quantitative estimate of drug-likeness (QED) is 0.0450. The summed E-state index contributed by atoms with van der Waals surface area (Å²) < 4.78 is 0. The van der Waals surface area contributed by atoms with Gasteiger partial charge < -0.3 is 49.1 Å². The Labute approximate surface area is 220 Å². The topological polar surface area (TPSA) is 295 Å². The molecule has 0 aliphatic heterocycles. The van der Waals surface area contributed by atoms with Crippen LogP contribution in [0.5, 0.6) is 0 Å². The van der Waals surface area contributed by atoms with Crippen molar-refractivity contribution < 1.29 is 39.0 Å². The number of hydrogen-bond acceptors (Lipinski definition) is 8. The Morgan fingerprint density at radius 1 is 0.816 bits per heavy atom. The lowest BCUT2D eigenvalue weighted by molar-refractivity contribution is -0.143. The molecular weight excluding hydrogens is 504 g/mol. The minimum Gasteiger partial charge on any atom is -0.481 e. The summed E-state index contributed by atoms with van der Waals surface area (Å²) in [5, 5.41) is 25.4. The van der Waals surface area contributed by atoms with Gasteiger partial charge in [0, 0.05) is 19.4 Å². The second-order valence-electron chi connectivity index (χ2n) is 8.83. The third-order valence-corrected chi connectivity index (χ3v) is 5.67. The number of nitrogens with two attached hydrogens (primary N) is 4. The number of carbonyl (C=O) groups is 6. The summed E-state index contributed by atoms with van der Waals surface area (Å²) in [6.07, 6.45) is -0.316. The van der Waals surface area contributed by atoms with E-state index in [-0.39, 0.29) is 38.2 Å². The number of nitrogens with zero attached hydrogens (tertiary/aromatic N) is 1. The molecule has 16 heteroatoms. The minimum atomic E-state index is -1.50. The molecule has 0 spiro atoms. The average molecular weight is 545 g/mol. The number of nitrogens with one attached hydrogen (secondary N) is 3. The van der Waals surface area contributed by atoms with Gasteiger partial charge in [-0.15, -0.1) is 0 Å². The highest BCUT2D eigenvalue weighted by atomic mass is 16.4. The maximum atomic E-state index is 13.1. The Morgan fingerprint density at radius 3 is 1.89 bits per heavy atom. The first-order valence-corrected chi connectivity index (χ1v) is 12.1. The van der Waals surface area contributed by atoms with E-state index in [2.05, 4.69) is 20.9 Å². The monoisotopic (exact) mass is 544 g/mol. The molecular formula is C22H40N8O8. The number of rotatable bonds is 19. The van der Waals surface area contributed by atoms with Crippen molar-refractivity contribution in [1.82, 2.24) is 16.0 Å². The number of aliphatic carboxylic acids is 2. The van der Waals surface area contributed by atoms with Crippen LogP contribution in [0.3, 0.4) is 0 Å². The second-order valence-corrected chi connectivity index (χ2v) is 8.83. The molecule has 5 unspecified atom stereocenters. The molecule has 38 heavy (non-hydrogen) atoms. The van der Waals surface area contributed by atoms with Crippen molar-refractivity contribution in [3.63, 3.8) is 0 Å². The average Bonchev–Trinajstić information content (AvgIpc) is 2.83. The Kier molecular flexibility index (Phi) is 15.7. The Balaban J connectivity index is 5.55. The van der Waals surface area contributed by atoms with E-state index in [4.69, 9.17) is 28.0 Å². The van der Waals surface area contributed by atoms with E-state index < -0.39 is 72.1 Å². The zero-order chi connectivity index (χ0) is 29.4. The summed E-state index contributed by atoms with van der Waals surface area (Å²) in [5.41, 5.74) is 21.6. The third-order valence-electron chi connectivity index (χ3n) is 5.67. The van der Waals surface area contributed by atoms with Crippen LogP contribution in [-0.4, -0.2) is 82.5 Å². The van der Waals surface area contributed by atoms with Crippen LogP contribution in [0.2, 0.25) is 0 Å². The predicted molar refractivity (Wildman–Crippen MR) is 136 cm³/mol. The molecule has 0 aliphatic carbocycles. The zero-order valence-corrected chi connectivity index (χ0v) is 21.6. The van der Waals surface area contributed by atoms with Gasteiger partial charge >= 0.3 is 11.9 Å². The lowest BCUT2D eigenvalue weighted by atomic mass is 9.96. The molecule has 0 aliphatic rings. The largest absolute Gasteiger partial charge is 0.481 e. The number of hydrogen-bond donors (Lipinski definition) is 9. The summed E-state index contributed by atoms with van der Waals surface area (Å²) in [6, 6.07) is -5.02. The third kappa shape index (κ3) is 14.0. The molecule has 0 rings (SSSR count). The van der Waals surface area contributed by atoms with E-state index in [1.54, 1.807) is 13.8 Å². The van der Waals surface area contributed by atoms with E-state index >= 15 is 0 Å². The number of guanidine groups is 1. The van der Waals surface area contributed by atoms with Gasteiger partial charge in [-0.25, -0.2) is 4.79 Å². The molecule has 0 aromatic carbocycles. The molecule has 16 nitrogen and oxygen atoms in total. The number of carboxylic acids is 2. The SMILES string of the molecule is CCC(C)C(NC(=O)C(CCC(N)=O)NC(=O)C(N)CCCN=C(N)N)C(=O)NC(CCC(=O)O)C(=O)O. The van der Waals surface area contributed by atoms with Crippen molar-refractivity contribution in [1.29, 1.82) is 0 Å². The lowest BCUT2D eigenvalue weighted by Crippen LogP contribution is -2.58. The van der Waals surface area contributed by atoms with Gasteiger partial charge in [0.1, 0.15) is 18.1 Å². The van der Waals surface area contributed by atoms with Crippen LogP contribution in [0.15, 0.2) is 4.99 Å². The van der Waals surface area contributed by atoms with Gasteiger partial charge in [-0.2, -0.15) is 0 Å². The van der Waals surface area contributed by atoms with Crippen LogP contribution in [0.25, 0.3) is 0 Å². The molecule has 4 amide bonds. The summed E-state index contributed by atoms with van der Waals surface area (Å²) >= 11 is 0. The number of carbonyl (C=O) groups excluding carboxylic acids is 4. The van der Waals surface area contributed by atoms with Crippen LogP contribution in [0, 0.1) is 5.92 Å². The van der Waals surface area contributed by atoms with Gasteiger partial charge in [0.25, 0.3) is 0 Å². The van der Waals surface area contributed by atoms with Gasteiger partial charge in [0.15, 0.2) is 5.96 Å². The molecule has 0 fully saturated rings. The highest BCUT2D eigenvalue weighted by Gasteiger charge is 2.33. The summed E-state index contributed by atoms with van der Waals surface area (Å²) in [5.74, 6) is -6.33. The molecule has 0 heterocycles. The molecule has 13 N–H and O–H groups in total. The first-order valence-electron chi connectivity index (χ1n) is 12.1. The first kappa shape index (κ1) is 34.0. The number of primary amides is 1. The predicted octanol–water partition coefficient (Wildman–Crippen LogP) is -2.92. The molecule has 0 bridgehead atoms. The molecule has 0 aromatic heterocycles. The van der Waals surface area contributed by atoms with Crippen molar-refractivity contribution >= 4 is 41.5 Å². The van der Waals surface area contributed by atoms with Crippen molar-refractivity contribution in [3.8, 4) is 0 Å². The molecule has 0 saturated heterocycles. The molecule has 216 valence electrons. The Bertz CT molecular complexity index is 877. The van der Waals surface area contributed by atoms with Crippen molar-refractivity contribution in [2.24, 2.45) is 33.8 Å². The van der Waals surface area contributed by atoms with Crippen molar-refractivity contribution in [2.45, 2.75) is 83.0 Å². The molecule has 5 atom stereocenters. The van der Waals surface area contributed by atoms with Gasteiger partial charge in [-0.1, -0.05) is 20.3 Å². The summed E-state index contributed by atoms with van der Waals surface area (Å²) in [7, 11) is 0. The summed E-state index contributed by atoms with van der Waals surface area (Å²) in [6.45, 7) is 3.62. The first-order chi connectivity index (χ1) is 17.7. The number of amides is 4. The fourth-order valence-electron chi connectivity index (χ4n) is 3.23. The van der Waals surface area contributed by atoms with Crippen LogP contribution in [-0.2, 0) is 28.8 Å². The van der Waals surface area contributed by atoms with E-state index in [0.717, 1.165) is 0 Å². The number of aliphatic imine (C=N–C) groups is 1. The molecule has 0 aromatic rings. The van der Waals surface area contributed by atoms with E-state index in [0.29, 0.717) is 12.8 Å². The van der Waals surface area contributed by atoms with Crippen LogP contribution >= 0.6 is 0 Å². The van der Waals surface area contributed by atoms with Crippen molar-refractivity contribution in [2.75, 3.05) is 6.54 Å². The van der Waals surface area contributed by atoms with Crippen LogP contribution in [0.1, 0.15) is 58.8 Å². The highest BCUT2D eigenvalue weighted by molar-refractivity contribution is 5.94. The van der Waals surface area contributed by atoms with Crippen LogP contribution < -0.4 is 38.9 Å². The molecule has 0 radical (unpaired) electrons. The smallest absolute Gasteiger partial charge is 0.326 e. The normalized spacial score (nSPS) is 14.6.